The number of anilines is 2. The van der Waals surface area contributed by atoms with Crippen molar-refractivity contribution in [2.75, 3.05) is 22.1 Å². The summed E-state index contributed by atoms with van der Waals surface area (Å²) in [6.07, 6.45) is 0.286. The average Bonchev–Trinajstić information content (AvgIpc) is 4.10. The number of carbonyl (C=O) groups excluding carboxylic acids is 1. The molecule has 8 heterocycles. The summed E-state index contributed by atoms with van der Waals surface area (Å²) in [7, 11) is 0. The molecule has 0 amide bonds. The van der Waals surface area contributed by atoms with E-state index in [1.807, 2.05) is 76.2 Å². The molecule has 344 valence electrons. The molecule has 0 aliphatic carbocycles. The standard InChI is InChI=1S/C22H23Cl2N5O4S.C20H21Cl2N5O3S/c1-11(30)34-10-15-16-17(33-22(2,3)32-16)20(31-15)29-19-13(9-26-29)18(27-21(24)28-19)25-8-12-6-4-5-7-14(12)23;1-20(2)29-14-13(9-31)28-18(15(14)30-20)27-17-11(8-24-27)16(25-19(22)26-17)23-7-10-5-3-4-6-12(10)21/h4-7,9,15-17,20H,8,10H2,1-3H3,(H,25,27,28);3-6,8,13-15,18,31H,7,9H2,1-2H3,(H,23,25,26)/t15-,16-,17-,20-;13-,14-,15-,18-/m11/s1. The fourth-order valence-electron chi connectivity index (χ4n) is 8.27. The van der Waals surface area contributed by atoms with Crippen molar-refractivity contribution in [2.24, 2.45) is 0 Å². The molecule has 0 spiro atoms. The lowest BCUT2D eigenvalue weighted by molar-refractivity contribution is -0.195. The second-order valence-corrected chi connectivity index (χ2v) is 19.5. The first kappa shape index (κ1) is 46.5. The Balaban J connectivity index is 0.000000165. The lowest BCUT2D eigenvalue weighted by Crippen LogP contribution is -2.31. The van der Waals surface area contributed by atoms with Gasteiger partial charge >= 0.3 is 0 Å². The van der Waals surface area contributed by atoms with Gasteiger partial charge in [0.15, 0.2) is 40.4 Å². The normalized spacial score (nSPS) is 26.2. The Morgan fingerprint density at radius 1 is 0.677 bits per heavy atom. The Kier molecular flexibility index (Phi) is 13.5. The Bertz CT molecular complexity index is 2730. The first-order valence-electron chi connectivity index (χ1n) is 20.6. The summed E-state index contributed by atoms with van der Waals surface area (Å²) in [5.74, 6) is 0.542. The number of ether oxygens (including phenoxy) is 6. The van der Waals surface area contributed by atoms with Crippen LogP contribution in [0.4, 0.5) is 11.6 Å². The van der Waals surface area contributed by atoms with Gasteiger partial charge in [0.1, 0.15) is 36.1 Å². The van der Waals surface area contributed by atoms with Crippen molar-refractivity contribution in [3.05, 3.63) is 92.7 Å². The summed E-state index contributed by atoms with van der Waals surface area (Å²) in [4.78, 5) is 29.1. The largest absolute Gasteiger partial charge is 0.365 e. The van der Waals surface area contributed by atoms with E-state index >= 15 is 0 Å². The molecule has 4 aliphatic heterocycles. The number of aromatic nitrogens is 8. The predicted molar refractivity (Wildman–Crippen MR) is 251 cm³/mol. The number of hydrogen-bond acceptors (Lipinski definition) is 17. The highest BCUT2D eigenvalue weighted by molar-refractivity contribution is 8.13. The van der Waals surface area contributed by atoms with Crippen molar-refractivity contribution >= 4 is 110 Å². The van der Waals surface area contributed by atoms with Crippen LogP contribution in [0.5, 0.6) is 0 Å². The Labute approximate surface area is 403 Å². The monoisotopic (exact) mass is 1000 g/mol. The van der Waals surface area contributed by atoms with Crippen LogP contribution in [0.25, 0.3) is 22.1 Å². The number of thioether (sulfide) groups is 1. The van der Waals surface area contributed by atoms with Crippen LogP contribution in [0.3, 0.4) is 0 Å². The van der Waals surface area contributed by atoms with Gasteiger partial charge < -0.3 is 39.1 Å². The first-order valence-corrected chi connectivity index (χ1v) is 23.7. The first-order chi connectivity index (χ1) is 31.1. The van der Waals surface area contributed by atoms with Crippen LogP contribution < -0.4 is 10.6 Å². The van der Waals surface area contributed by atoms with Gasteiger partial charge in [-0.3, -0.25) is 4.79 Å². The van der Waals surface area contributed by atoms with Crippen molar-refractivity contribution in [2.45, 2.75) is 108 Å². The third-order valence-electron chi connectivity index (χ3n) is 11.0. The van der Waals surface area contributed by atoms with Crippen molar-refractivity contribution in [3.63, 3.8) is 0 Å². The molecular weight excluding hydrogens is 962 g/mol. The van der Waals surface area contributed by atoms with E-state index in [-0.39, 0.29) is 46.2 Å². The maximum atomic E-state index is 11.5. The van der Waals surface area contributed by atoms with E-state index in [2.05, 4.69) is 53.4 Å². The maximum Gasteiger partial charge on any atom is 0.226 e. The molecule has 6 aromatic rings. The van der Waals surface area contributed by atoms with Crippen LogP contribution in [-0.2, 0) is 46.3 Å². The molecule has 2 aromatic carbocycles. The zero-order valence-corrected chi connectivity index (χ0v) is 40.3. The van der Waals surface area contributed by atoms with Crippen molar-refractivity contribution in [3.8, 4) is 0 Å². The molecule has 10 rings (SSSR count). The van der Waals surface area contributed by atoms with Gasteiger partial charge in [-0.15, -0.1) is 0 Å². The molecule has 4 fully saturated rings. The van der Waals surface area contributed by atoms with Crippen LogP contribution in [0.2, 0.25) is 20.6 Å². The zero-order valence-electron chi connectivity index (χ0n) is 35.5. The van der Waals surface area contributed by atoms with Gasteiger partial charge in [-0.1, -0.05) is 71.4 Å². The molecule has 23 heteroatoms. The third-order valence-corrected chi connectivity index (χ3v) is 13.4. The van der Waals surface area contributed by atoms with Gasteiger partial charge in [-0.05, 0) is 74.2 Å². The molecule has 65 heavy (non-hydrogen) atoms. The SMILES string of the molecule is CC(=O)SC[C@H]1O[C@@H](n2ncc3c(NCc4ccccc4Cl)nc(Cl)nc32)[C@@H]2OC(C)(C)O[C@@H]21.CC1(C)O[C@@H]2[C@H](O1)[C@@H](CS)O[C@H]2n1ncc2c(NCc3ccccc3Cl)nc(Cl)nc21. The number of nitrogens with zero attached hydrogens (tertiary/aromatic N) is 8. The Morgan fingerprint density at radius 3 is 1.55 bits per heavy atom. The summed E-state index contributed by atoms with van der Waals surface area (Å²) in [5.41, 5.74) is 2.90. The van der Waals surface area contributed by atoms with Gasteiger partial charge in [0, 0.05) is 41.6 Å². The molecule has 0 unspecified atom stereocenters. The highest BCUT2D eigenvalue weighted by atomic mass is 35.5. The summed E-state index contributed by atoms with van der Waals surface area (Å²) in [5, 5.41) is 18.5. The minimum Gasteiger partial charge on any atom is -0.365 e. The van der Waals surface area contributed by atoms with Crippen LogP contribution >= 0.6 is 70.8 Å². The summed E-state index contributed by atoms with van der Waals surface area (Å²) in [6.45, 7) is 9.94. The second-order valence-electron chi connectivity index (χ2n) is 16.5. The number of carbonyl (C=O) groups is 1. The Morgan fingerprint density at radius 2 is 1.11 bits per heavy atom. The molecule has 4 aromatic heterocycles. The Hall–Kier alpha value is -3.57. The number of benzene rings is 2. The van der Waals surface area contributed by atoms with E-state index in [0.29, 0.717) is 68.3 Å². The molecule has 4 aliphatic rings. The van der Waals surface area contributed by atoms with E-state index in [1.54, 1.807) is 21.8 Å². The molecule has 2 N–H and O–H groups in total. The summed E-state index contributed by atoms with van der Waals surface area (Å²) < 4.78 is 40.2. The molecule has 0 radical (unpaired) electrons. The molecule has 0 bridgehead atoms. The van der Waals surface area contributed by atoms with E-state index in [1.165, 1.54) is 18.7 Å². The topological polar surface area (TPSA) is 184 Å². The zero-order chi connectivity index (χ0) is 45.8. The molecule has 0 saturated carbocycles. The van der Waals surface area contributed by atoms with Crippen LogP contribution in [-0.4, -0.2) is 104 Å². The number of rotatable bonds is 11. The molecule has 4 saturated heterocycles. The minimum atomic E-state index is -0.784. The fourth-order valence-corrected chi connectivity index (χ4v) is 9.97. The van der Waals surface area contributed by atoms with Gasteiger partial charge in [0.05, 0.1) is 35.4 Å². The molecule has 8 atom stereocenters. The quantitative estimate of drug-likeness (QED) is 0.0828. The lowest BCUT2D eigenvalue weighted by atomic mass is 10.1. The van der Waals surface area contributed by atoms with Crippen molar-refractivity contribution in [1.29, 1.82) is 0 Å². The smallest absolute Gasteiger partial charge is 0.226 e. The number of hydrogen-bond donors (Lipinski definition) is 3. The second kappa shape index (κ2) is 18.8. The lowest BCUT2D eigenvalue weighted by Gasteiger charge is -2.24. The molecular formula is C42H44Cl4N10O7S2. The van der Waals surface area contributed by atoms with Crippen LogP contribution in [0.1, 0.15) is 58.2 Å². The number of halogens is 4. The van der Waals surface area contributed by atoms with E-state index in [0.717, 1.165) is 11.1 Å². The number of nitrogens with one attached hydrogen (secondary N) is 2. The van der Waals surface area contributed by atoms with E-state index < -0.39 is 30.1 Å². The maximum absolute atomic E-state index is 11.5. The van der Waals surface area contributed by atoms with Crippen LogP contribution in [0.15, 0.2) is 60.9 Å². The van der Waals surface area contributed by atoms with Gasteiger partial charge in [0.25, 0.3) is 0 Å². The summed E-state index contributed by atoms with van der Waals surface area (Å²) >= 11 is 30.7. The van der Waals surface area contributed by atoms with E-state index in [4.69, 9.17) is 74.8 Å². The molecule has 17 nitrogen and oxygen atoms in total. The van der Waals surface area contributed by atoms with Gasteiger partial charge in [-0.2, -0.15) is 42.8 Å². The predicted octanol–water partition coefficient (Wildman–Crippen LogP) is 8.53. The highest BCUT2D eigenvalue weighted by Crippen LogP contribution is 2.46. The van der Waals surface area contributed by atoms with E-state index in [9.17, 15) is 4.79 Å². The third kappa shape index (κ3) is 9.75. The van der Waals surface area contributed by atoms with Crippen LogP contribution in [0, 0.1) is 0 Å². The van der Waals surface area contributed by atoms with Gasteiger partial charge in [0.2, 0.25) is 10.6 Å². The summed E-state index contributed by atoms with van der Waals surface area (Å²) in [6, 6.07) is 15.2. The highest BCUT2D eigenvalue weighted by Gasteiger charge is 2.57. The van der Waals surface area contributed by atoms with Gasteiger partial charge in [-0.25, -0.2) is 9.36 Å². The minimum absolute atomic E-state index is 0.0140. The van der Waals surface area contributed by atoms with Crippen molar-refractivity contribution in [1.82, 2.24) is 39.5 Å². The fraction of sp³-hybridized carbons (Fsp3) is 0.452. The number of thiol groups is 1. The van der Waals surface area contributed by atoms with Crippen molar-refractivity contribution < 1.29 is 33.2 Å². The number of fused-ring (bicyclic) bond motifs is 4. The average molecular weight is 1010 g/mol.